The quantitative estimate of drug-likeness (QED) is 0.879. The molecule has 2 N–H and O–H groups in total. The third-order valence-corrected chi connectivity index (χ3v) is 3.07. The minimum absolute atomic E-state index is 0.460. The first-order valence-corrected chi connectivity index (χ1v) is 7.70. The zero-order chi connectivity index (χ0) is 16.9. The number of carbonyl (C=O) groups is 1. The molecule has 0 aromatic carbocycles. The van der Waals surface area contributed by atoms with Gasteiger partial charge in [-0.1, -0.05) is 0 Å². The van der Waals surface area contributed by atoms with Crippen LogP contribution in [0.1, 0.15) is 33.3 Å². The van der Waals surface area contributed by atoms with E-state index >= 15 is 0 Å². The molecular formula is C17H24N4O2. The number of nitrogens with zero attached hydrogens (tertiary/aromatic N) is 2. The van der Waals surface area contributed by atoms with Crippen molar-refractivity contribution in [3.63, 3.8) is 0 Å². The Morgan fingerprint density at radius 2 is 2.09 bits per heavy atom. The van der Waals surface area contributed by atoms with Crippen molar-refractivity contribution >= 4 is 17.6 Å². The Morgan fingerprint density at radius 1 is 1.30 bits per heavy atom. The first-order chi connectivity index (χ1) is 10.9. The summed E-state index contributed by atoms with van der Waals surface area (Å²) in [6.07, 6.45) is 5.34. The molecule has 0 saturated carbocycles. The molecule has 23 heavy (non-hydrogen) atoms. The monoisotopic (exact) mass is 316 g/mol. The fraction of sp³-hybridized carbons (Fsp3) is 0.412. The number of hydrogen-bond donors (Lipinski definition) is 2. The lowest BCUT2D eigenvalue weighted by atomic mass is 10.2. The van der Waals surface area contributed by atoms with E-state index in [4.69, 9.17) is 4.74 Å². The molecule has 0 radical (unpaired) electrons. The fourth-order valence-electron chi connectivity index (χ4n) is 1.98. The summed E-state index contributed by atoms with van der Waals surface area (Å²) >= 11 is 0. The van der Waals surface area contributed by atoms with Crippen LogP contribution in [0.25, 0.3) is 0 Å². The molecule has 0 aliphatic rings. The standard InChI is InChI=1S/C17H24N4O2/c1-5-21-9-8-13(12-21)10-18-14-6-7-15(19-11-14)20-16(22)23-17(2,3)4/h6-9,11-12,18H,5,10H2,1-4H3,(H,19,20,22). The highest BCUT2D eigenvalue weighted by atomic mass is 16.6. The van der Waals surface area contributed by atoms with E-state index in [0.717, 1.165) is 18.8 Å². The van der Waals surface area contributed by atoms with Gasteiger partial charge in [-0.3, -0.25) is 5.32 Å². The van der Waals surface area contributed by atoms with Crippen LogP contribution in [0.15, 0.2) is 36.8 Å². The molecule has 2 rings (SSSR count). The predicted octanol–water partition coefficient (Wildman–Crippen LogP) is 3.86. The number of nitrogens with one attached hydrogen (secondary N) is 2. The van der Waals surface area contributed by atoms with Crippen molar-refractivity contribution in [3.05, 3.63) is 42.4 Å². The molecule has 0 aliphatic carbocycles. The second kappa shape index (κ2) is 7.17. The number of carbonyl (C=O) groups excluding carboxylic acids is 1. The summed E-state index contributed by atoms with van der Waals surface area (Å²) in [5.74, 6) is 0.460. The van der Waals surface area contributed by atoms with Crippen LogP contribution in [0.3, 0.4) is 0 Å². The summed E-state index contributed by atoms with van der Waals surface area (Å²) < 4.78 is 7.31. The Hall–Kier alpha value is -2.50. The molecule has 6 nitrogen and oxygen atoms in total. The lowest BCUT2D eigenvalue weighted by molar-refractivity contribution is 0.0635. The SMILES string of the molecule is CCn1ccc(CNc2ccc(NC(=O)OC(C)(C)C)nc2)c1. The van der Waals surface area contributed by atoms with Crippen molar-refractivity contribution in [1.82, 2.24) is 9.55 Å². The van der Waals surface area contributed by atoms with Gasteiger partial charge in [0.25, 0.3) is 0 Å². The highest BCUT2D eigenvalue weighted by molar-refractivity contribution is 5.83. The van der Waals surface area contributed by atoms with Gasteiger partial charge in [0.1, 0.15) is 11.4 Å². The highest BCUT2D eigenvalue weighted by Gasteiger charge is 2.16. The maximum absolute atomic E-state index is 11.7. The van der Waals surface area contributed by atoms with E-state index in [1.165, 1.54) is 5.56 Å². The zero-order valence-corrected chi connectivity index (χ0v) is 14.1. The Labute approximate surface area is 136 Å². The molecule has 0 atom stereocenters. The van der Waals surface area contributed by atoms with E-state index in [9.17, 15) is 4.79 Å². The Balaban J connectivity index is 1.85. The molecule has 0 aliphatic heterocycles. The topological polar surface area (TPSA) is 68.2 Å². The summed E-state index contributed by atoms with van der Waals surface area (Å²) in [7, 11) is 0. The Kier molecular flexibility index (Phi) is 5.26. The van der Waals surface area contributed by atoms with E-state index in [-0.39, 0.29) is 0 Å². The van der Waals surface area contributed by atoms with Gasteiger partial charge in [0.2, 0.25) is 0 Å². The van der Waals surface area contributed by atoms with Gasteiger partial charge < -0.3 is 14.6 Å². The minimum Gasteiger partial charge on any atom is -0.444 e. The second-order valence-corrected chi connectivity index (χ2v) is 6.26. The van der Waals surface area contributed by atoms with Crippen LogP contribution in [0.5, 0.6) is 0 Å². The fourth-order valence-corrected chi connectivity index (χ4v) is 1.98. The zero-order valence-electron chi connectivity index (χ0n) is 14.1. The number of pyridine rings is 1. The molecule has 1 amide bonds. The molecule has 0 saturated heterocycles. The van der Waals surface area contributed by atoms with Crippen LogP contribution in [0.2, 0.25) is 0 Å². The first kappa shape index (κ1) is 16.9. The van der Waals surface area contributed by atoms with E-state index < -0.39 is 11.7 Å². The number of ether oxygens (including phenoxy) is 1. The van der Waals surface area contributed by atoms with Gasteiger partial charge in [0.05, 0.1) is 11.9 Å². The van der Waals surface area contributed by atoms with E-state index in [2.05, 4.69) is 45.6 Å². The number of hydrogen-bond acceptors (Lipinski definition) is 4. The summed E-state index contributed by atoms with van der Waals surface area (Å²) in [4.78, 5) is 15.9. The average molecular weight is 316 g/mol. The molecule has 0 fully saturated rings. The largest absolute Gasteiger partial charge is 0.444 e. The molecular weight excluding hydrogens is 292 g/mol. The first-order valence-electron chi connectivity index (χ1n) is 7.70. The third-order valence-electron chi connectivity index (χ3n) is 3.07. The van der Waals surface area contributed by atoms with Crippen molar-refractivity contribution in [2.45, 2.75) is 46.4 Å². The van der Waals surface area contributed by atoms with Crippen molar-refractivity contribution in [2.75, 3.05) is 10.6 Å². The molecule has 0 spiro atoms. The van der Waals surface area contributed by atoms with Crippen molar-refractivity contribution < 1.29 is 9.53 Å². The highest BCUT2D eigenvalue weighted by Crippen LogP contribution is 2.13. The number of rotatable bonds is 5. The maximum atomic E-state index is 11.7. The maximum Gasteiger partial charge on any atom is 0.413 e. The van der Waals surface area contributed by atoms with Crippen LogP contribution in [0, 0.1) is 0 Å². The van der Waals surface area contributed by atoms with Gasteiger partial charge in [-0.05, 0) is 51.5 Å². The average Bonchev–Trinajstić information content (AvgIpc) is 2.92. The summed E-state index contributed by atoms with van der Waals surface area (Å²) in [6, 6.07) is 5.70. The lowest BCUT2D eigenvalue weighted by Gasteiger charge is -2.19. The number of aromatic nitrogens is 2. The van der Waals surface area contributed by atoms with E-state index in [0.29, 0.717) is 5.82 Å². The number of aryl methyl sites for hydroxylation is 1. The molecule has 0 unspecified atom stereocenters. The molecule has 124 valence electrons. The summed E-state index contributed by atoms with van der Waals surface area (Å²) in [5, 5.41) is 5.90. The van der Waals surface area contributed by atoms with Crippen molar-refractivity contribution in [3.8, 4) is 0 Å². The molecule has 2 heterocycles. The van der Waals surface area contributed by atoms with Gasteiger partial charge in [-0.2, -0.15) is 0 Å². The number of anilines is 2. The third kappa shape index (κ3) is 5.65. The van der Waals surface area contributed by atoms with Crippen LogP contribution in [-0.4, -0.2) is 21.2 Å². The Morgan fingerprint density at radius 3 is 2.65 bits per heavy atom. The molecule has 6 heteroatoms. The molecule has 2 aromatic heterocycles. The molecule has 0 bridgehead atoms. The van der Waals surface area contributed by atoms with Gasteiger partial charge in [0.15, 0.2) is 0 Å². The van der Waals surface area contributed by atoms with Crippen molar-refractivity contribution in [1.29, 1.82) is 0 Å². The van der Waals surface area contributed by atoms with Gasteiger partial charge in [-0.15, -0.1) is 0 Å². The van der Waals surface area contributed by atoms with Crippen LogP contribution < -0.4 is 10.6 Å². The Bertz CT molecular complexity index is 641. The van der Waals surface area contributed by atoms with Crippen LogP contribution >= 0.6 is 0 Å². The van der Waals surface area contributed by atoms with Crippen molar-refractivity contribution in [2.24, 2.45) is 0 Å². The van der Waals surface area contributed by atoms with Gasteiger partial charge >= 0.3 is 6.09 Å². The lowest BCUT2D eigenvalue weighted by Crippen LogP contribution is -2.27. The normalized spacial score (nSPS) is 11.1. The van der Waals surface area contributed by atoms with Gasteiger partial charge in [-0.25, -0.2) is 9.78 Å². The van der Waals surface area contributed by atoms with Gasteiger partial charge in [0, 0.05) is 25.5 Å². The summed E-state index contributed by atoms with van der Waals surface area (Å²) in [5.41, 5.74) is 1.58. The predicted molar refractivity (Wildman–Crippen MR) is 91.5 cm³/mol. The van der Waals surface area contributed by atoms with Crippen LogP contribution in [0.4, 0.5) is 16.3 Å². The smallest absolute Gasteiger partial charge is 0.413 e. The number of amides is 1. The van der Waals surface area contributed by atoms with E-state index in [1.54, 1.807) is 12.3 Å². The second-order valence-electron chi connectivity index (χ2n) is 6.26. The molecule has 2 aromatic rings. The van der Waals surface area contributed by atoms with Crippen LogP contribution in [-0.2, 0) is 17.8 Å². The summed E-state index contributed by atoms with van der Waals surface area (Å²) in [6.45, 7) is 9.26. The minimum atomic E-state index is -0.527. The van der Waals surface area contributed by atoms with E-state index in [1.807, 2.05) is 26.8 Å².